The summed E-state index contributed by atoms with van der Waals surface area (Å²) in [6.07, 6.45) is 3.95. The molecule has 0 saturated carbocycles. The number of aliphatic hydroxyl groups is 1. The molecule has 2 aromatic carbocycles. The number of hydrogen-bond donors (Lipinski definition) is 1. The minimum Gasteiger partial charge on any atom is -0.497 e. The number of aromatic nitrogens is 2. The third-order valence-corrected chi connectivity index (χ3v) is 5.49. The summed E-state index contributed by atoms with van der Waals surface area (Å²) in [6.45, 7) is 10.0. The maximum absolute atomic E-state index is 10.5. The van der Waals surface area contributed by atoms with E-state index in [-0.39, 0.29) is 0 Å². The summed E-state index contributed by atoms with van der Waals surface area (Å²) in [6, 6.07) is 17.6. The minimum absolute atomic E-state index is 0.401. The van der Waals surface area contributed by atoms with Gasteiger partial charge in [-0.2, -0.15) is 5.10 Å². The fraction of sp³-hybridized carbons (Fsp3) is 0.370. The molecule has 176 valence electrons. The smallest absolute Gasteiger partial charge is 0.227 e. The lowest BCUT2D eigenvalue weighted by molar-refractivity contribution is 0.102. The van der Waals surface area contributed by atoms with E-state index < -0.39 is 6.10 Å². The molecule has 0 unspecified atom stereocenters. The van der Waals surface area contributed by atoms with Gasteiger partial charge in [-0.3, -0.25) is 4.90 Å². The van der Waals surface area contributed by atoms with Crippen LogP contribution in [0.2, 0.25) is 0 Å². The van der Waals surface area contributed by atoms with E-state index in [0.717, 1.165) is 42.1 Å². The van der Waals surface area contributed by atoms with E-state index in [9.17, 15) is 5.11 Å². The summed E-state index contributed by atoms with van der Waals surface area (Å²) in [5.41, 5.74) is 2.84. The van der Waals surface area contributed by atoms with Gasteiger partial charge in [-0.1, -0.05) is 37.3 Å². The predicted octanol–water partition coefficient (Wildman–Crippen LogP) is 5.52. The number of allylic oxidation sites excluding steroid dienone is 1. The molecule has 33 heavy (non-hydrogen) atoms. The highest BCUT2D eigenvalue weighted by Crippen LogP contribution is 2.33. The van der Waals surface area contributed by atoms with Gasteiger partial charge in [0.05, 0.1) is 30.2 Å². The molecule has 6 nitrogen and oxygen atoms in total. The van der Waals surface area contributed by atoms with Crippen molar-refractivity contribution in [3.8, 4) is 23.1 Å². The van der Waals surface area contributed by atoms with Crippen molar-refractivity contribution < 1.29 is 14.6 Å². The van der Waals surface area contributed by atoms with Gasteiger partial charge < -0.3 is 14.6 Å². The molecular weight excluding hydrogens is 414 g/mol. The first-order valence-electron chi connectivity index (χ1n) is 11.5. The summed E-state index contributed by atoms with van der Waals surface area (Å²) in [4.78, 5) is 2.27. The molecular formula is C27H35N3O3. The number of aryl methyl sites for hydroxylation is 1. The second kappa shape index (κ2) is 12.2. The van der Waals surface area contributed by atoms with E-state index >= 15 is 0 Å². The van der Waals surface area contributed by atoms with Crippen LogP contribution in [-0.2, 0) is 6.54 Å². The molecule has 0 saturated heterocycles. The van der Waals surface area contributed by atoms with Crippen LogP contribution >= 0.6 is 0 Å². The number of methoxy groups -OCH3 is 1. The van der Waals surface area contributed by atoms with Gasteiger partial charge in [0.1, 0.15) is 11.5 Å². The Morgan fingerprint density at radius 3 is 2.61 bits per heavy atom. The molecule has 1 heterocycles. The average Bonchev–Trinajstić information content (AvgIpc) is 3.13. The van der Waals surface area contributed by atoms with Crippen LogP contribution in [0.25, 0.3) is 5.69 Å². The van der Waals surface area contributed by atoms with Crippen molar-refractivity contribution in [2.45, 2.75) is 45.8 Å². The summed E-state index contributed by atoms with van der Waals surface area (Å²) in [5, 5.41) is 15.3. The molecule has 0 amide bonds. The van der Waals surface area contributed by atoms with E-state index in [2.05, 4.69) is 18.4 Å². The van der Waals surface area contributed by atoms with E-state index in [1.54, 1.807) is 7.11 Å². The van der Waals surface area contributed by atoms with Crippen LogP contribution in [0.5, 0.6) is 17.4 Å². The summed E-state index contributed by atoms with van der Waals surface area (Å²) < 4.78 is 13.6. The number of nitrogens with zero attached hydrogens (tertiary/aromatic N) is 3. The largest absolute Gasteiger partial charge is 0.497 e. The Kier molecular flexibility index (Phi) is 9.10. The number of hydrogen-bond acceptors (Lipinski definition) is 5. The first-order valence-corrected chi connectivity index (χ1v) is 11.5. The first-order chi connectivity index (χ1) is 16.0. The fourth-order valence-corrected chi connectivity index (χ4v) is 3.82. The zero-order valence-electron chi connectivity index (χ0n) is 19.9. The van der Waals surface area contributed by atoms with Gasteiger partial charge in [0.15, 0.2) is 0 Å². The molecule has 3 aromatic rings. The fourth-order valence-electron chi connectivity index (χ4n) is 3.82. The monoisotopic (exact) mass is 449 g/mol. The van der Waals surface area contributed by atoms with Gasteiger partial charge in [-0.25, -0.2) is 4.68 Å². The van der Waals surface area contributed by atoms with Crippen molar-refractivity contribution >= 4 is 0 Å². The SMILES string of the molecule is C=CCC[C@H](O)CN(CCC)Cc1c(C)nn(-c2ccccc2)c1Oc1cccc(OC)c1. The molecule has 1 N–H and O–H groups in total. The van der Waals surface area contributed by atoms with E-state index in [4.69, 9.17) is 14.6 Å². The van der Waals surface area contributed by atoms with Crippen molar-refractivity contribution in [2.24, 2.45) is 0 Å². The molecule has 0 aliphatic rings. The van der Waals surface area contributed by atoms with Crippen molar-refractivity contribution in [1.82, 2.24) is 14.7 Å². The van der Waals surface area contributed by atoms with Crippen LogP contribution in [-0.4, -0.2) is 46.1 Å². The third kappa shape index (κ3) is 6.70. The second-order valence-electron chi connectivity index (χ2n) is 8.15. The molecule has 6 heteroatoms. The Bertz CT molecular complexity index is 1020. The van der Waals surface area contributed by atoms with Crippen LogP contribution in [0.4, 0.5) is 0 Å². The van der Waals surface area contributed by atoms with Gasteiger partial charge in [0.2, 0.25) is 5.88 Å². The number of ether oxygens (including phenoxy) is 2. The van der Waals surface area contributed by atoms with Crippen molar-refractivity contribution in [3.63, 3.8) is 0 Å². The van der Waals surface area contributed by atoms with E-state index in [1.807, 2.05) is 72.3 Å². The lowest BCUT2D eigenvalue weighted by Crippen LogP contribution is -2.33. The Labute approximate surface area is 197 Å². The zero-order chi connectivity index (χ0) is 23.6. The van der Waals surface area contributed by atoms with E-state index in [0.29, 0.717) is 31.1 Å². The standard InChI is InChI=1S/C27H35N3O3/c1-5-7-14-23(31)19-29(17-6-2)20-26-21(3)28-30(22-12-9-8-10-13-22)27(26)33-25-16-11-15-24(18-25)32-4/h5,8-13,15-16,18,23,31H,1,6-7,14,17,19-20H2,2-4H3/t23-/m0/s1. The first kappa shape index (κ1) is 24.6. The summed E-state index contributed by atoms with van der Waals surface area (Å²) in [5.74, 6) is 2.09. The topological polar surface area (TPSA) is 59.8 Å². The molecule has 0 aliphatic heterocycles. The van der Waals surface area contributed by atoms with Crippen LogP contribution in [0, 0.1) is 6.92 Å². The summed E-state index contributed by atoms with van der Waals surface area (Å²) in [7, 11) is 1.64. The lowest BCUT2D eigenvalue weighted by Gasteiger charge is -2.25. The lowest BCUT2D eigenvalue weighted by atomic mass is 10.1. The van der Waals surface area contributed by atoms with Crippen molar-refractivity contribution in [2.75, 3.05) is 20.2 Å². The van der Waals surface area contributed by atoms with Crippen molar-refractivity contribution in [3.05, 3.63) is 78.5 Å². The van der Waals surface area contributed by atoms with Crippen LogP contribution in [0.3, 0.4) is 0 Å². The number of benzene rings is 2. The predicted molar refractivity (Wildman–Crippen MR) is 132 cm³/mol. The number of para-hydroxylation sites is 1. The van der Waals surface area contributed by atoms with Gasteiger partial charge in [0, 0.05) is 19.2 Å². The highest BCUT2D eigenvalue weighted by molar-refractivity contribution is 5.44. The Morgan fingerprint density at radius 1 is 1.15 bits per heavy atom. The van der Waals surface area contributed by atoms with Gasteiger partial charge in [-0.05, 0) is 57.0 Å². The number of aliphatic hydroxyl groups excluding tert-OH is 1. The average molecular weight is 450 g/mol. The summed E-state index contributed by atoms with van der Waals surface area (Å²) >= 11 is 0. The molecule has 0 fully saturated rings. The molecule has 1 aromatic heterocycles. The highest BCUT2D eigenvalue weighted by atomic mass is 16.5. The quantitative estimate of drug-likeness (QED) is 0.348. The highest BCUT2D eigenvalue weighted by Gasteiger charge is 2.22. The Balaban J connectivity index is 1.96. The van der Waals surface area contributed by atoms with Gasteiger partial charge in [0.25, 0.3) is 0 Å². The third-order valence-electron chi connectivity index (χ3n) is 5.49. The molecule has 3 rings (SSSR count). The second-order valence-corrected chi connectivity index (χ2v) is 8.15. The Morgan fingerprint density at radius 2 is 1.91 bits per heavy atom. The number of rotatable bonds is 13. The van der Waals surface area contributed by atoms with Crippen LogP contribution in [0.15, 0.2) is 67.3 Å². The molecule has 1 atom stereocenters. The van der Waals surface area contributed by atoms with Gasteiger partial charge in [-0.15, -0.1) is 6.58 Å². The van der Waals surface area contributed by atoms with Crippen molar-refractivity contribution in [1.29, 1.82) is 0 Å². The molecule has 0 bridgehead atoms. The normalized spacial score (nSPS) is 12.0. The Hall–Kier alpha value is -3.09. The van der Waals surface area contributed by atoms with E-state index in [1.165, 1.54) is 0 Å². The molecule has 0 aliphatic carbocycles. The minimum atomic E-state index is -0.401. The zero-order valence-corrected chi connectivity index (χ0v) is 19.9. The molecule has 0 radical (unpaired) electrons. The van der Waals surface area contributed by atoms with Crippen LogP contribution in [0.1, 0.15) is 37.4 Å². The molecule has 0 spiro atoms. The van der Waals surface area contributed by atoms with Gasteiger partial charge >= 0.3 is 0 Å². The maximum atomic E-state index is 10.5. The van der Waals surface area contributed by atoms with Crippen LogP contribution < -0.4 is 9.47 Å². The maximum Gasteiger partial charge on any atom is 0.227 e.